The number of rotatable bonds is 4. The standard InChI is InChI=1S/C18H25N3O4/c1-7-13-15(19)16(20-21(13)17(22)25-18(2,3)4)12-9-8-11(23-5)10-14(12)24-6/h8-10H,7,19H2,1-6H3. The molecule has 0 bridgehead atoms. The molecule has 0 unspecified atom stereocenters. The van der Waals surface area contributed by atoms with E-state index in [1.807, 2.05) is 6.92 Å². The lowest BCUT2D eigenvalue weighted by molar-refractivity contribution is 0.0510. The number of nitrogen functional groups attached to an aromatic ring is 1. The van der Waals surface area contributed by atoms with Crippen LogP contribution in [-0.2, 0) is 11.2 Å². The molecule has 25 heavy (non-hydrogen) atoms. The first-order valence-corrected chi connectivity index (χ1v) is 8.05. The van der Waals surface area contributed by atoms with Crippen LogP contribution in [0.4, 0.5) is 10.5 Å². The van der Waals surface area contributed by atoms with Crippen molar-refractivity contribution in [2.24, 2.45) is 0 Å². The van der Waals surface area contributed by atoms with E-state index in [4.69, 9.17) is 19.9 Å². The van der Waals surface area contributed by atoms with E-state index in [-0.39, 0.29) is 0 Å². The molecule has 2 aromatic rings. The molecule has 7 heteroatoms. The van der Waals surface area contributed by atoms with Crippen molar-refractivity contribution in [1.29, 1.82) is 0 Å². The lowest BCUT2D eigenvalue weighted by Crippen LogP contribution is -2.28. The Balaban J connectivity index is 2.56. The number of anilines is 1. The van der Waals surface area contributed by atoms with Crippen molar-refractivity contribution in [1.82, 2.24) is 9.78 Å². The van der Waals surface area contributed by atoms with Crippen molar-refractivity contribution in [2.75, 3.05) is 20.0 Å². The van der Waals surface area contributed by atoms with Gasteiger partial charge < -0.3 is 19.9 Å². The normalized spacial score (nSPS) is 11.3. The number of carbonyl (C=O) groups is 1. The predicted molar refractivity (Wildman–Crippen MR) is 96.2 cm³/mol. The first kappa shape index (κ1) is 18.6. The van der Waals surface area contributed by atoms with Crippen molar-refractivity contribution >= 4 is 11.8 Å². The van der Waals surface area contributed by atoms with Crippen LogP contribution in [0.5, 0.6) is 11.5 Å². The van der Waals surface area contributed by atoms with Gasteiger partial charge >= 0.3 is 6.09 Å². The number of nitrogens with zero attached hydrogens (tertiary/aromatic N) is 2. The first-order valence-electron chi connectivity index (χ1n) is 8.05. The summed E-state index contributed by atoms with van der Waals surface area (Å²) in [4.78, 5) is 12.5. The molecule has 0 spiro atoms. The minimum Gasteiger partial charge on any atom is -0.497 e. The van der Waals surface area contributed by atoms with E-state index in [0.29, 0.717) is 40.6 Å². The van der Waals surface area contributed by atoms with E-state index in [1.54, 1.807) is 53.2 Å². The zero-order chi connectivity index (χ0) is 18.8. The van der Waals surface area contributed by atoms with Gasteiger partial charge in [-0.3, -0.25) is 0 Å². The lowest BCUT2D eigenvalue weighted by atomic mass is 10.1. The molecule has 1 heterocycles. The van der Waals surface area contributed by atoms with Gasteiger partial charge in [-0.25, -0.2) is 4.79 Å². The van der Waals surface area contributed by atoms with Crippen LogP contribution in [0.3, 0.4) is 0 Å². The Labute approximate surface area is 147 Å². The summed E-state index contributed by atoms with van der Waals surface area (Å²) in [6.07, 6.45) is -0.0221. The van der Waals surface area contributed by atoms with Gasteiger partial charge in [-0.15, -0.1) is 0 Å². The highest BCUT2D eigenvalue weighted by molar-refractivity contribution is 5.83. The molecule has 136 valence electrons. The molecule has 0 fully saturated rings. The van der Waals surface area contributed by atoms with Crippen LogP contribution in [-0.4, -0.2) is 35.7 Å². The number of hydrogen-bond donors (Lipinski definition) is 1. The summed E-state index contributed by atoms with van der Waals surface area (Å²) >= 11 is 0. The van der Waals surface area contributed by atoms with Gasteiger partial charge in [0.2, 0.25) is 0 Å². The molecular weight excluding hydrogens is 322 g/mol. The lowest BCUT2D eigenvalue weighted by Gasteiger charge is -2.19. The Morgan fingerprint density at radius 1 is 1.24 bits per heavy atom. The molecule has 0 atom stereocenters. The quantitative estimate of drug-likeness (QED) is 0.910. The molecule has 2 rings (SSSR count). The van der Waals surface area contributed by atoms with Crippen LogP contribution in [0.15, 0.2) is 18.2 Å². The third-order valence-corrected chi connectivity index (χ3v) is 3.59. The van der Waals surface area contributed by atoms with Crippen LogP contribution < -0.4 is 15.2 Å². The van der Waals surface area contributed by atoms with Crippen LogP contribution >= 0.6 is 0 Å². The highest BCUT2D eigenvalue weighted by Gasteiger charge is 2.25. The summed E-state index contributed by atoms with van der Waals surface area (Å²) < 4.78 is 17.3. The SMILES string of the molecule is CCc1c(N)c(-c2ccc(OC)cc2OC)nn1C(=O)OC(C)(C)C. The van der Waals surface area contributed by atoms with E-state index in [0.717, 1.165) is 0 Å². The number of benzene rings is 1. The van der Waals surface area contributed by atoms with Crippen molar-refractivity contribution in [3.05, 3.63) is 23.9 Å². The molecule has 1 aromatic carbocycles. The fourth-order valence-electron chi connectivity index (χ4n) is 2.45. The Bertz CT molecular complexity index is 775. The number of ether oxygens (including phenoxy) is 3. The Morgan fingerprint density at radius 3 is 2.44 bits per heavy atom. The number of carbonyl (C=O) groups excluding carboxylic acids is 1. The third-order valence-electron chi connectivity index (χ3n) is 3.59. The second kappa shape index (κ2) is 7.04. The summed E-state index contributed by atoms with van der Waals surface area (Å²) in [6.45, 7) is 7.31. The summed E-state index contributed by atoms with van der Waals surface area (Å²) in [5.41, 5.74) is 7.82. The second-order valence-electron chi connectivity index (χ2n) is 6.52. The summed E-state index contributed by atoms with van der Waals surface area (Å²) in [6, 6.07) is 5.33. The van der Waals surface area contributed by atoms with Gasteiger partial charge in [-0.1, -0.05) is 6.92 Å². The van der Waals surface area contributed by atoms with E-state index in [9.17, 15) is 4.79 Å². The fraction of sp³-hybridized carbons (Fsp3) is 0.444. The van der Waals surface area contributed by atoms with Gasteiger partial charge in [-0.05, 0) is 39.3 Å². The average Bonchev–Trinajstić information content (AvgIpc) is 2.89. The third kappa shape index (κ3) is 3.87. The monoisotopic (exact) mass is 347 g/mol. The average molecular weight is 347 g/mol. The Morgan fingerprint density at radius 2 is 1.92 bits per heavy atom. The minimum atomic E-state index is -0.624. The molecule has 0 aliphatic heterocycles. The van der Waals surface area contributed by atoms with Gasteiger partial charge in [0, 0.05) is 11.6 Å². The van der Waals surface area contributed by atoms with E-state index >= 15 is 0 Å². The van der Waals surface area contributed by atoms with Gasteiger partial charge in [0.05, 0.1) is 25.6 Å². The summed E-state index contributed by atoms with van der Waals surface area (Å²) in [5.74, 6) is 1.21. The number of methoxy groups -OCH3 is 2. The highest BCUT2D eigenvalue weighted by Crippen LogP contribution is 2.37. The van der Waals surface area contributed by atoms with Crippen LogP contribution in [0.1, 0.15) is 33.4 Å². The van der Waals surface area contributed by atoms with Gasteiger partial charge in [0.25, 0.3) is 0 Å². The number of hydrogen-bond acceptors (Lipinski definition) is 6. The van der Waals surface area contributed by atoms with Gasteiger partial charge in [-0.2, -0.15) is 9.78 Å². The molecule has 0 saturated heterocycles. The Hall–Kier alpha value is -2.70. The van der Waals surface area contributed by atoms with Crippen LogP contribution in [0.2, 0.25) is 0 Å². The second-order valence-corrected chi connectivity index (χ2v) is 6.52. The predicted octanol–water partition coefficient (Wildman–Crippen LogP) is 3.50. The van der Waals surface area contributed by atoms with E-state index in [2.05, 4.69) is 5.10 Å². The molecule has 0 aliphatic carbocycles. The van der Waals surface area contributed by atoms with Crippen molar-refractivity contribution in [3.63, 3.8) is 0 Å². The molecule has 1 aromatic heterocycles. The van der Waals surface area contributed by atoms with Crippen LogP contribution in [0.25, 0.3) is 11.3 Å². The Kier molecular flexibility index (Phi) is 5.25. The van der Waals surface area contributed by atoms with Crippen molar-refractivity contribution in [2.45, 2.75) is 39.7 Å². The molecule has 0 amide bonds. The largest absolute Gasteiger partial charge is 0.497 e. The van der Waals surface area contributed by atoms with Crippen molar-refractivity contribution < 1.29 is 19.0 Å². The van der Waals surface area contributed by atoms with E-state index < -0.39 is 11.7 Å². The highest BCUT2D eigenvalue weighted by atomic mass is 16.6. The zero-order valence-corrected chi connectivity index (χ0v) is 15.5. The summed E-state index contributed by atoms with van der Waals surface area (Å²) in [5, 5.41) is 4.40. The first-order chi connectivity index (χ1) is 11.7. The maximum Gasteiger partial charge on any atom is 0.435 e. The number of aromatic nitrogens is 2. The maximum absolute atomic E-state index is 12.5. The molecule has 7 nitrogen and oxygen atoms in total. The van der Waals surface area contributed by atoms with E-state index in [1.165, 1.54) is 4.68 Å². The van der Waals surface area contributed by atoms with Crippen molar-refractivity contribution in [3.8, 4) is 22.8 Å². The minimum absolute atomic E-state index is 0.428. The fourth-order valence-corrected chi connectivity index (χ4v) is 2.45. The number of nitrogens with two attached hydrogens (primary N) is 1. The molecule has 2 N–H and O–H groups in total. The van der Waals surface area contributed by atoms with Crippen LogP contribution in [0, 0.1) is 0 Å². The zero-order valence-electron chi connectivity index (χ0n) is 15.5. The molecular formula is C18H25N3O4. The van der Waals surface area contributed by atoms with Gasteiger partial charge in [0.15, 0.2) is 0 Å². The smallest absolute Gasteiger partial charge is 0.435 e. The summed E-state index contributed by atoms with van der Waals surface area (Å²) in [7, 11) is 3.13. The van der Waals surface area contributed by atoms with Gasteiger partial charge in [0.1, 0.15) is 22.8 Å². The molecule has 0 radical (unpaired) electrons. The topological polar surface area (TPSA) is 88.6 Å². The molecule has 0 saturated carbocycles. The maximum atomic E-state index is 12.5. The molecule has 0 aliphatic rings.